The number of benzene rings is 2. The fourth-order valence-electron chi connectivity index (χ4n) is 4.66. The van der Waals surface area contributed by atoms with Crippen LogP contribution in [0.3, 0.4) is 0 Å². The molecule has 2 aliphatic heterocycles. The summed E-state index contributed by atoms with van der Waals surface area (Å²) in [6.45, 7) is 7.52. The van der Waals surface area contributed by atoms with Gasteiger partial charge in [0.05, 0.1) is 0 Å². The van der Waals surface area contributed by atoms with Crippen molar-refractivity contribution < 1.29 is 14.3 Å². The fourth-order valence-corrected chi connectivity index (χ4v) is 4.66. The SMILES string of the molecule is Cc1ccc([C@@H]2C3=C(CC(C)(C)CC3=O)Nc3cc4c(cc32)OCCO4)cc1. The number of allylic oxidation sites excluding steroid dienone is 2. The lowest BCUT2D eigenvalue weighted by molar-refractivity contribution is -0.118. The zero-order valence-electron chi connectivity index (χ0n) is 16.6. The van der Waals surface area contributed by atoms with Gasteiger partial charge in [0, 0.05) is 35.4 Å². The molecular formula is C24H25NO3. The van der Waals surface area contributed by atoms with E-state index in [9.17, 15) is 4.79 Å². The summed E-state index contributed by atoms with van der Waals surface area (Å²) in [6.07, 6.45) is 1.44. The molecule has 144 valence electrons. The quantitative estimate of drug-likeness (QED) is 0.765. The van der Waals surface area contributed by atoms with Crippen molar-refractivity contribution in [3.63, 3.8) is 0 Å². The number of anilines is 1. The van der Waals surface area contributed by atoms with E-state index in [1.165, 1.54) is 5.56 Å². The standard InChI is InChI=1S/C24H25NO3/c1-14-4-6-15(7-5-14)22-16-10-20-21(28-9-8-27-20)11-17(16)25-18-12-24(2,3)13-19(26)23(18)22/h4-7,10-11,22,25H,8-9,12-13H2,1-3H3/t22-/m0/s1. The summed E-state index contributed by atoms with van der Waals surface area (Å²) in [5, 5.41) is 3.57. The fraction of sp³-hybridized carbons (Fsp3) is 0.375. The van der Waals surface area contributed by atoms with E-state index in [4.69, 9.17) is 9.47 Å². The van der Waals surface area contributed by atoms with Crippen LogP contribution in [0.5, 0.6) is 11.5 Å². The van der Waals surface area contributed by atoms with Crippen LogP contribution >= 0.6 is 0 Å². The average molecular weight is 375 g/mol. The first-order valence-electron chi connectivity index (χ1n) is 9.95. The third-order valence-corrected chi connectivity index (χ3v) is 5.93. The van der Waals surface area contributed by atoms with Crippen molar-refractivity contribution in [3.8, 4) is 11.5 Å². The van der Waals surface area contributed by atoms with E-state index >= 15 is 0 Å². The second-order valence-corrected chi connectivity index (χ2v) is 8.88. The minimum absolute atomic E-state index is 0.0356. The van der Waals surface area contributed by atoms with Crippen molar-refractivity contribution in [1.29, 1.82) is 0 Å². The van der Waals surface area contributed by atoms with Gasteiger partial charge in [-0.15, -0.1) is 0 Å². The van der Waals surface area contributed by atoms with E-state index in [1.807, 2.05) is 6.07 Å². The number of hydrogen-bond acceptors (Lipinski definition) is 4. The van der Waals surface area contributed by atoms with Crippen LogP contribution < -0.4 is 14.8 Å². The highest BCUT2D eigenvalue weighted by molar-refractivity contribution is 6.01. The Morgan fingerprint density at radius 1 is 1.00 bits per heavy atom. The summed E-state index contributed by atoms with van der Waals surface area (Å²) in [4.78, 5) is 13.2. The van der Waals surface area contributed by atoms with E-state index in [0.717, 1.165) is 46.0 Å². The Balaban J connectivity index is 1.72. The molecule has 0 amide bonds. The first-order chi connectivity index (χ1) is 13.4. The van der Waals surface area contributed by atoms with Gasteiger partial charge in [0.2, 0.25) is 0 Å². The monoisotopic (exact) mass is 375 g/mol. The van der Waals surface area contributed by atoms with Crippen LogP contribution in [0.2, 0.25) is 0 Å². The van der Waals surface area contributed by atoms with Crippen molar-refractivity contribution in [3.05, 3.63) is 64.4 Å². The Morgan fingerprint density at radius 3 is 2.39 bits per heavy atom. The van der Waals surface area contributed by atoms with Gasteiger partial charge in [0.1, 0.15) is 13.2 Å². The number of nitrogens with one attached hydrogen (secondary N) is 1. The zero-order valence-corrected chi connectivity index (χ0v) is 16.6. The predicted molar refractivity (Wildman–Crippen MR) is 109 cm³/mol. The summed E-state index contributed by atoms with van der Waals surface area (Å²) < 4.78 is 11.6. The highest BCUT2D eigenvalue weighted by Crippen LogP contribution is 2.51. The van der Waals surface area contributed by atoms with Crippen molar-refractivity contribution in [2.24, 2.45) is 5.41 Å². The minimum atomic E-state index is -0.0775. The van der Waals surface area contributed by atoms with Gasteiger partial charge >= 0.3 is 0 Å². The Labute approximate surface area is 165 Å². The van der Waals surface area contributed by atoms with Crippen LogP contribution in [0.4, 0.5) is 5.69 Å². The van der Waals surface area contributed by atoms with Gasteiger partial charge in [0.15, 0.2) is 17.3 Å². The average Bonchev–Trinajstić information content (AvgIpc) is 2.64. The third-order valence-electron chi connectivity index (χ3n) is 5.93. The molecule has 0 fully saturated rings. The summed E-state index contributed by atoms with van der Waals surface area (Å²) in [7, 11) is 0. The number of ketones is 1. The molecule has 0 saturated heterocycles. The summed E-state index contributed by atoms with van der Waals surface area (Å²) in [6, 6.07) is 12.6. The van der Waals surface area contributed by atoms with Crippen LogP contribution in [0.15, 0.2) is 47.7 Å². The Bertz CT molecular complexity index is 1000. The summed E-state index contributed by atoms with van der Waals surface area (Å²) in [5.74, 6) is 1.69. The molecular weight excluding hydrogens is 350 g/mol. The van der Waals surface area contributed by atoms with Gasteiger partial charge in [-0.2, -0.15) is 0 Å². The molecule has 0 spiro atoms. The molecule has 0 aromatic heterocycles. The highest BCUT2D eigenvalue weighted by Gasteiger charge is 2.41. The first kappa shape index (κ1) is 17.4. The number of rotatable bonds is 1. The van der Waals surface area contributed by atoms with Crippen LogP contribution in [-0.2, 0) is 4.79 Å². The van der Waals surface area contributed by atoms with Crippen molar-refractivity contribution in [2.75, 3.05) is 18.5 Å². The van der Waals surface area contributed by atoms with E-state index in [1.54, 1.807) is 0 Å². The molecule has 0 unspecified atom stereocenters. The summed E-state index contributed by atoms with van der Waals surface area (Å²) >= 11 is 0. The molecule has 2 aromatic rings. The van der Waals surface area contributed by atoms with E-state index < -0.39 is 0 Å². The lowest BCUT2D eigenvalue weighted by Gasteiger charge is -2.40. The van der Waals surface area contributed by atoms with Crippen LogP contribution in [-0.4, -0.2) is 19.0 Å². The molecule has 1 aliphatic carbocycles. The van der Waals surface area contributed by atoms with Gasteiger partial charge in [-0.3, -0.25) is 4.79 Å². The molecule has 0 saturated carbocycles. The first-order valence-corrected chi connectivity index (χ1v) is 9.95. The molecule has 1 N–H and O–H groups in total. The number of aryl methyl sites for hydroxylation is 1. The topological polar surface area (TPSA) is 47.6 Å². The second-order valence-electron chi connectivity index (χ2n) is 8.88. The number of carbonyl (C=O) groups excluding carboxylic acids is 1. The number of hydrogen-bond donors (Lipinski definition) is 1. The molecule has 5 rings (SSSR count). The Morgan fingerprint density at radius 2 is 1.68 bits per heavy atom. The Kier molecular flexibility index (Phi) is 3.80. The van der Waals surface area contributed by atoms with Crippen molar-refractivity contribution >= 4 is 11.5 Å². The zero-order chi connectivity index (χ0) is 19.5. The number of ether oxygens (including phenoxy) is 2. The van der Waals surface area contributed by atoms with Gasteiger partial charge in [-0.05, 0) is 36.0 Å². The molecule has 0 radical (unpaired) electrons. The predicted octanol–water partition coefficient (Wildman–Crippen LogP) is 4.97. The maximum absolute atomic E-state index is 13.2. The van der Waals surface area contributed by atoms with Gasteiger partial charge in [-0.25, -0.2) is 0 Å². The lowest BCUT2D eigenvalue weighted by atomic mass is 9.68. The smallest absolute Gasteiger partial charge is 0.163 e. The minimum Gasteiger partial charge on any atom is -0.486 e. The van der Waals surface area contributed by atoms with E-state index in [2.05, 4.69) is 56.4 Å². The van der Waals surface area contributed by atoms with E-state index in [0.29, 0.717) is 19.6 Å². The third kappa shape index (κ3) is 2.79. The largest absolute Gasteiger partial charge is 0.486 e. The molecule has 0 bridgehead atoms. The Hall–Kier alpha value is -2.75. The molecule has 28 heavy (non-hydrogen) atoms. The second kappa shape index (κ2) is 6.13. The highest BCUT2D eigenvalue weighted by atomic mass is 16.6. The van der Waals surface area contributed by atoms with Crippen molar-refractivity contribution in [2.45, 2.75) is 39.5 Å². The number of carbonyl (C=O) groups is 1. The normalized spacial score (nSPS) is 22.2. The number of fused-ring (bicyclic) bond motifs is 2. The molecule has 1 atom stereocenters. The van der Waals surface area contributed by atoms with Crippen LogP contribution in [0.1, 0.15) is 49.3 Å². The maximum atomic E-state index is 13.2. The van der Waals surface area contributed by atoms with E-state index in [-0.39, 0.29) is 17.1 Å². The molecule has 3 aliphatic rings. The summed E-state index contributed by atoms with van der Waals surface area (Å²) in [5.41, 5.74) is 6.38. The molecule has 2 heterocycles. The van der Waals surface area contributed by atoms with Crippen molar-refractivity contribution in [1.82, 2.24) is 0 Å². The van der Waals surface area contributed by atoms with Gasteiger partial charge < -0.3 is 14.8 Å². The molecule has 2 aromatic carbocycles. The molecule has 4 heteroatoms. The molecule has 4 nitrogen and oxygen atoms in total. The van der Waals surface area contributed by atoms with Crippen LogP contribution in [0.25, 0.3) is 0 Å². The lowest BCUT2D eigenvalue weighted by Crippen LogP contribution is -2.34. The maximum Gasteiger partial charge on any atom is 0.163 e. The van der Waals surface area contributed by atoms with Crippen LogP contribution in [0, 0.1) is 12.3 Å². The number of Topliss-reactive ketones (excluding diaryl/α,β-unsaturated/α-hetero) is 1. The van der Waals surface area contributed by atoms with Gasteiger partial charge in [0.25, 0.3) is 0 Å². The van der Waals surface area contributed by atoms with Gasteiger partial charge in [-0.1, -0.05) is 43.7 Å².